The molecule has 23 heavy (non-hydrogen) atoms. The van der Waals surface area contributed by atoms with Crippen molar-refractivity contribution >= 4 is 33.0 Å². The molecule has 6 heteroatoms. The molecular weight excluding hydrogens is 334 g/mol. The molecule has 0 bridgehead atoms. The zero-order chi connectivity index (χ0) is 17.0. The van der Waals surface area contributed by atoms with Crippen LogP contribution in [-0.4, -0.2) is 20.1 Å². The highest BCUT2D eigenvalue weighted by Crippen LogP contribution is 2.20. The van der Waals surface area contributed by atoms with Crippen LogP contribution in [0.5, 0.6) is 0 Å². The number of anilines is 1. The first-order chi connectivity index (χ1) is 10.8. The highest BCUT2D eigenvalue weighted by Gasteiger charge is 2.16. The lowest BCUT2D eigenvalue weighted by Crippen LogP contribution is -2.18. The number of benzene rings is 2. The molecule has 0 saturated heterocycles. The summed E-state index contributed by atoms with van der Waals surface area (Å²) in [5.74, 6) is -0.590. The van der Waals surface area contributed by atoms with Crippen molar-refractivity contribution in [2.75, 3.05) is 11.1 Å². The van der Waals surface area contributed by atoms with E-state index in [9.17, 15) is 13.2 Å². The zero-order valence-corrected chi connectivity index (χ0v) is 14.5. The van der Waals surface area contributed by atoms with Crippen molar-refractivity contribution in [3.63, 3.8) is 0 Å². The predicted octanol–water partition coefficient (Wildman–Crippen LogP) is 3.76. The largest absolute Gasteiger partial charge is 0.326 e. The lowest BCUT2D eigenvalue weighted by Gasteiger charge is -2.09. The van der Waals surface area contributed by atoms with Gasteiger partial charge in [0.05, 0.1) is 10.6 Å². The van der Waals surface area contributed by atoms with Gasteiger partial charge in [-0.05, 0) is 43.7 Å². The van der Waals surface area contributed by atoms with E-state index in [1.807, 2.05) is 13.8 Å². The van der Waals surface area contributed by atoms with Crippen molar-refractivity contribution in [2.45, 2.75) is 25.2 Å². The molecule has 0 fully saturated rings. The first-order valence-corrected chi connectivity index (χ1v) is 9.16. The summed E-state index contributed by atoms with van der Waals surface area (Å²) in [6, 6.07) is 11.8. The number of carbonyl (C=O) groups excluding carboxylic acids is 1. The summed E-state index contributed by atoms with van der Waals surface area (Å²) in [7, 11) is -3.47. The summed E-state index contributed by atoms with van der Waals surface area (Å²) in [6.07, 6.45) is -0.109. The van der Waals surface area contributed by atoms with Crippen LogP contribution in [0.15, 0.2) is 47.4 Å². The molecule has 1 N–H and O–H groups in total. The molecule has 1 amide bonds. The Kier molecular flexibility index (Phi) is 5.44. The van der Waals surface area contributed by atoms with Crippen molar-refractivity contribution in [1.82, 2.24) is 0 Å². The van der Waals surface area contributed by atoms with Crippen molar-refractivity contribution < 1.29 is 13.2 Å². The van der Waals surface area contributed by atoms with Crippen LogP contribution in [0.1, 0.15) is 17.5 Å². The number of amides is 1. The minimum atomic E-state index is -3.47. The zero-order valence-electron chi connectivity index (χ0n) is 13.0. The highest BCUT2D eigenvalue weighted by atomic mass is 35.5. The van der Waals surface area contributed by atoms with Gasteiger partial charge in [-0.25, -0.2) is 8.42 Å². The van der Waals surface area contributed by atoms with E-state index in [4.69, 9.17) is 11.6 Å². The molecule has 4 nitrogen and oxygen atoms in total. The van der Waals surface area contributed by atoms with E-state index in [1.54, 1.807) is 42.5 Å². The van der Waals surface area contributed by atoms with Crippen molar-refractivity contribution in [3.8, 4) is 0 Å². The summed E-state index contributed by atoms with van der Waals surface area (Å²) in [4.78, 5) is 12.2. The molecule has 0 aromatic heterocycles. The lowest BCUT2D eigenvalue weighted by atomic mass is 10.2. The minimum Gasteiger partial charge on any atom is -0.326 e. The molecule has 0 atom stereocenters. The molecule has 2 aromatic carbocycles. The third kappa shape index (κ3) is 4.81. The lowest BCUT2D eigenvalue weighted by molar-refractivity contribution is -0.115. The molecule has 2 aromatic rings. The molecule has 0 aliphatic rings. The van der Waals surface area contributed by atoms with Crippen LogP contribution >= 0.6 is 11.6 Å². The van der Waals surface area contributed by atoms with Gasteiger partial charge in [-0.15, -0.1) is 0 Å². The van der Waals surface area contributed by atoms with Crippen LogP contribution in [0.25, 0.3) is 0 Å². The quantitative estimate of drug-likeness (QED) is 0.892. The first-order valence-electron chi connectivity index (χ1n) is 7.13. The Morgan fingerprint density at radius 2 is 1.74 bits per heavy atom. The summed E-state index contributed by atoms with van der Waals surface area (Å²) >= 11 is 5.90. The first kappa shape index (κ1) is 17.5. The van der Waals surface area contributed by atoms with Crippen molar-refractivity contribution in [2.24, 2.45) is 0 Å². The van der Waals surface area contributed by atoms with E-state index in [0.29, 0.717) is 10.7 Å². The Labute approximate surface area is 141 Å². The molecule has 122 valence electrons. The van der Waals surface area contributed by atoms with Gasteiger partial charge in [-0.1, -0.05) is 35.4 Å². The van der Waals surface area contributed by atoms with Gasteiger partial charge in [-0.3, -0.25) is 4.79 Å². The Morgan fingerprint density at radius 1 is 1.09 bits per heavy atom. The molecule has 0 radical (unpaired) electrons. The average Bonchev–Trinajstić information content (AvgIpc) is 2.49. The van der Waals surface area contributed by atoms with Crippen LogP contribution in [0.2, 0.25) is 5.02 Å². The number of nitrogens with one attached hydrogen (secondary N) is 1. The maximum atomic E-state index is 12.2. The number of sulfone groups is 1. The fraction of sp³-hybridized carbons (Fsp3) is 0.235. The van der Waals surface area contributed by atoms with E-state index in [-0.39, 0.29) is 23.0 Å². The normalized spacial score (nSPS) is 11.3. The van der Waals surface area contributed by atoms with Crippen LogP contribution in [-0.2, 0) is 14.6 Å². The molecule has 0 spiro atoms. The Hall–Kier alpha value is -1.85. The second-order valence-corrected chi connectivity index (χ2v) is 7.93. The van der Waals surface area contributed by atoms with Gasteiger partial charge < -0.3 is 5.32 Å². The maximum Gasteiger partial charge on any atom is 0.225 e. The molecule has 0 saturated carbocycles. The number of rotatable bonds is 5. The SMILES string of the molecule is Cc1ccc(S(=O)(=O)CCC(=O)Nc2cc(Cl)ccc2C)cc1. The van der Waals surface area contributed by atoms with Crippen LogP contribution in [0, 0.1) is 13.8 Å². The van der Waals surface area contributed by atoms with Crippen molar-refractivity contribution in [1.29, 1.82) is 0 Å². The second-order valence-electron chi connectivity index (χ2n) is 5.39. The highest BCUT2D eigenvalue weighted by molar-refractivity contribution is 7.91. The van der Waals surface area contributed by atoms with Gasteiger partial charge in [0.2, 0.25) is 5.91 Å². The molecule has 0 aliphatic carbocycles. The van der Waals surface area contributed by atoms with Gasteiger partial charge in [0.1, 0.15) is 0 Å². The van der Waals surface area contributed by atoms with Gasteiger partial charge in [0.15, 0.2) is 9.84 Å². The Balaban J connectivity index is 2.01. The van der Waals surface area contributed by atoms with E-state index in [1.165, 1.54) is 0 Å². The monoisotopic (exact) mass is 351 g/mol. The molecular formula is C17H18ClNO3S. The van der Waals surface area contributed by atoms with E-state index >= 15 is 0 Å². The third-order valence-corrected chi connectivity index (χ3v) is 5.42. The van der Waals surface area contributed by atoms with Gasteiger partial charge in [0, 0.05) is 17.1 Å². The summed E-state index contributed by atoms with van der Waals surface area (Å²) in [5.41, 5.74) is 2.44. The fourth-order valence-electron chi connectivity index (χ4n) is 2.03. The van der Waals surface area contributed by atoms with Gasteiger partial charge in [-0.2, -0.15) is 0 Å². The number of hydrogen-bond acceptors (Lipinski definition) is 3. The number of hydrogen-bond donors (Lipinski definition) is 1. The van der Waals surface area contributed by atoms with E-state index in [0.717, 1.165) is 11.1 Å². The Bertz CT molecular complexity index is 814. The van der Waals surface area contributed by atoms with Gasteiger partial charge >= 0.3 is 0 Å². The second kappa shape index (κ2) is 7.15. The molecule has 0 heterocycles. The standard InChI is InChI=1S/C17H18ClNO3S/c1-12-3-7-15(8-4-12)23(21,22)10-9-17(20)19-16-11-14(18)6-5-13(16)2/h3-8,11H,9-10H2,1-2H3,(H,19,20). The molecule has 0 aliphatic heterocycles. The topological polar surface area (TPSA) is 63.2 Å². The average molecular weight is 352 g/mol. The minimum absolute atomic E-state index is 0.109. The molecule has 0 unspecified atom stereocenters. The van der Waals surface area contributed by atoms with Gasteiger partial charge in [0.25, 0.3) is 0 Å². The summed E-state index contributed by atoms with van der Waals surface area (Å²) < 4.78 is 24.4. The van der Waals surface area contributed by atoms with Crippen molar-refractivity contribution in [3.05, 3.63) is 58.6 Å². The van der Waals surface area contributed by atoms with E-state index in [2.05, 4.69) is 5.32 Å². The number of halogens is 1. The van der Waals surface area contributed by atoms with Crippen LogP contribution < -0.4 is 5.32 Å². The third-order valence-electron chi connectivity index (χ3n) is 3.45. The number of aryl methyl sites for hydroxylation is 2. The van der Waals surface area contributed by atoms with Crippen LogP contribution in [0.4, 0.5) is 5.69 Å². The maximum absolute atomic E-state index is 12.2. The fourth-order valence-corrected chi connectivity index (χ4v) is 3.44. The number of carbonyl (C=O) groups is 1. The summed E-state index contributed by atoms with van der Waals surface area (Å²) in [5, 5.41) is 3.21. The van der Waals surface area contributed by atoms with Crippen LogP contribution in [0.3, 0.4) is 0 Å². The predicted molar refractivity (Wildman–Crippen MR) is 92.7 cm³/mol. The molecule has 2 rings (SSSR count). The van der Waals surface area contributed by atoms with E-state index < -0.39 is 9.84 Å². The summed E-state index contributed by atoms with van der Waals surface area (Å²) in [6.45, 7) is 3.73. The Morgan fingerprint density at radius 3 is 2.39 bits per heavy atom. The smallest absolute Gasteiger partial charge is 0.225 e.